The fourth-order valence-electron chi connectivity index (χ4n) is 3.64. The number of rotatable bonds is 4. The van der Waals surface area contributed by atoms with E-state index in [1.165, 1.54) is 11.1 Å². The Balaban J connectivity index is 1.56. The molecule has 5 heteroatoms. The fraction of sp³-hybridized carbons (Fsp3) is 0.261. The number of amides is 1. The number of nitrogens with zero attached hydrogens (tertiary/aromatic N) is 3. The van der Waals surface area contributed by atoms with Crippen molar-refractivity contribution in [1.29, 1.82) is 0 Å². The number of hydrogen-bond donors (Lipinski definition) is 1. The summed E-state index contributed by atoms with van der Waals surface area (Å²) in [5.41, 5.74) is 5.73. The molecule has 142 valence electrons. The number of anilines is 2. The predicted molar refractivity (Wildman–Crippen MR) is 112 cm³/mol. The van der Waals surface area contributed by atoms with Gasteiger partial charge < -0.3 is 10.2 Å². The van der Waals surface area contributed by atoms with E-state index >= 15 is 0 Å². The molecule has 0 aliphatic carbocycles. The molecule has 1 aromatic heterocycles. The van der Waals surface area contributed by atoms with E-state index < -0.39 is 0 Å². The van der Waals surface area contributed by atoms with Crippen LogP contribution in [0.15, 0.2) is 54.6 Å². The highest BCUT2D eigenvalue weighted by Crippen LogP contribution is 2.32. The van der Waals surface area contributed by atoms with Crippen molar-refractivity contribution < 1.29 is 4.79 Å². The Bertz CT molecular complexity index is 1010. The normalized spacial score (nSPS) is 15.4. The Hall–Kier alpha value is -3.21. The van der Waals surface area contributed by atoms with Gasteiger partial charge in [0.15, 0.2) is 0 Å². The molecule has 3 aromatic rings. The number of para-hydroxylation sites is 1. The van der Waals surface area contributed by atoms with Gasteiger partial charge in [0.2, 0.25) is 5.95 Å². The van der Waals surface area contributed by atoms with Gasteiger partial charge in [0.1, 0.15) is 5.69 Å². The summed E-state index contributed by atoms with van der Waals surface area (Å²) in [7, 11) is 0. The molecule has 1 atom stereocenters. The van der Waals surface area contributed by atoms with E-state index in [4.69, 9.17) is 0 Å². The minimum absolute atomic E-state index is 0.0821. The molecule has 1 unspecified atom stereocenters. The van der Waals surface area contributed by atoms with Crippen LogP contribution in [0.1, 0.15) is 39.8 Å². The maximum Gasteiger partial charge on any atom is 0.277 e. The van der Waals surface area contributed by atoms with Crippen LogP contribution >= 0.6 is 0 Å². The summed E-state index contributed by atoms with van der Waals surface area (Å²) in [5.74, 6) is 0.394. The van der Waals surface area contributed by atoms with Crippen LogP contribution in [0.2, 0.25) is 0 Å². The van der Waals surface area contributed by atoms with E-state index in [2.05, 4.69) is 59.5 Å². The topological polar surface area (TPSA) is 58.1 Å². The number of aromatic nitrogens is 2. The third kappa shape index (κ3) is 3.60. The van der Waals surface area contributed by atoms with Gasteiger partial charge in [-0.2, -0.15) is 0 Å². The number of carbonyl (C=O) groups is 1. The zero-order valence-corrected chi connectivity index (χ0v) is 16.4. The van der Waals surface area contributed by atoms with Gasteiger partial charge in [-0.15, -0.1) is 0 Å². The third-order valence-corrected chi connectivity index (χ3v) is 5.07. The van der Waals surface area contributed by atoms with E-state index in [9.17, 15) is 4.79 Å². The van der Waals surface area contributed by atoms with E-state index in [0.29, 0.717) is 18.2 Å². The van der Waals surface area contributed by atoms with Crippen LogP contribution in [-0.4, -0.2) is 21.9 Å². The smallest absolute Gasteiger partial charge is 0.277 e. The summed E-state index contributed by atoms with van der Waals surface area (Å²) in [4.78, 5) is 24.0. The van der Waals surface area contributed by atoms with Gasteiger partial charge in [-0.25, -0.2) is 9.97 Å². The molecule has 28 heavy (non-hydrogen) atoms. The van der Waals surface area contributed by atoms with Crippen molar-refractivity contribution in [2.75, 3.05) is 10.2 Å². The summed E-state index contributed by atoms with van der Waals surface area (Å²) in [6.07, 6.45) is 0.866. The van der Waals surface area contributed by atoms with Crippen LogP contribution < -0.4 is 10.2 Å². The van der Waals surface area contributed by atoms with Crippen molar-refractivity contribution in [3.8, 4) is 0 Å². The molecule has 2 aromatic carbocycles. The van der Waals surface area contributed by atoms with Crippen molar-refractivity contribution in [2.24, 2.45) is 0 Å². The number of benzene rings is 2. The molecule has 0 saturated carbocycles. The van der Waals surface area contributed by atoms with Gasteiger partial charge in [-0.05, 0) is 50.5 Å². The van der Waals surface area contributed by atoms with Crippen LogP contribution in [-0.2, 0) is 13.0 Å². The quantitative estimate of drug-likeness (QED) is 0.742. The lowest BCUT2D eigenvalue weighted by atomic mass is 10.1. The number of carbonyl (C=O) groups excluding carboxylic acids is 1. The first kappa shape index (κ1) is 18.2. The fourth-order valence-corrected chi connectivity index (χ4v) is 3.64. The minimum Gasteiger partial charge on any atom is -0.350 e. The van der Waals surface area contributed by atoms with E-state index in [-0.39, 0.29) is 11.9 Å². The standard InChI is InChI=1S/C23H24N4O/c1-15-8-10-18(11-9-15)14-24-23-25-16(2)12-20(26-23)22(28)27-17(3)13-19-6-4-5-7-21(19)27/h4-12,17H,13-14H2,1-3H3,(H,24,25,26). The van der Waals surface area contributed by atoms with Gasteiger partial charge in [-0.1, -0.05) is 48.0 Å². The lowest BCUT2D eigenvalue weighted by Gasteiger charge is -2.22. The Morgan fingerprint density at radius 1 is 1.11 bits per heavy atom. The number of fused-ring (bicyclic) bond motifs is 1. The van der Waals surface area contributed by atoms with Crippen LogP contribution in [0.4, 0.5) is 11.6 Å². The van der Waals surface area contributed by atoms with Gasteiger partial charge in [0.25, 0.3) is 5.91 Å². The third-order valence-electron chi connectivity index (χ3n) is 5.07. The zero-order valence-electron chi connectivity index (χ0n) is 16.4. The Kier molecular flexibility index (Phi) is 4.82. The lowest BCUT2D eigenvalue weighted by Crippen LogP contribution is -2.36. The first-order valence-corrected chi connectivity index (χ1v) is 9.58. The van der Waals surface area contributed by atoms with Gasteiger partial charge in [0.05, 0.1) is 0 Å². The van der Waals surface area contributed by atoms with Crippen LogP contribution in [0.5, 0.6) is 0 Å². The van der Waals surface area contributed by atoms with E-state index in [0.717, 1.165) is 23.4 Å². The van der Waals surface area contributed by atoms with Crippen LogP contribution in [0.3, 0.4) is 0 Å². The molecule has 5 nitrogen and oxygen atoms in total. The lowest BCUT2D eigenvalue weighted by molar-refractivity contribution is 0.0976. The second-order valence-electron chi connectivity index (χ2n) is 7.41. The highest BCUT2D eigenvalue weighted by atomic mass is 16.2. The predicted octanol–water partition coefficient (Wildman–Crippen LogP) is 4.30. The van der Waals surface area contributed by atoms with Gasteiger partial charge in [0, 0.05) is 24.0 Å². The summed E-state index contributed by atoms with van der Waals surface area (Å²) in [6.45, 7) is 6.63. The van der Waals surface area contributed by atoms with Gasteiger partial charge in [-0.3, -0.25) is 4.79 Å². The SMILES string of the molecule is Cc1ccc(CNc2nc(C)cc(C(=O)N3c4ccccc4CC3C)n2)cc1. The molecule has 0 spiro atoms. The number of nitrogens with one attached hydrogen (secondary N) is 1. The largest absolute Gasteiger partial charge is 0.350 e. The molecule has 1 aliphatic rings. The Morgan fingerprint density at radius 3 is 2.64 bits per heavy atom. The molecule has 0 radical (unpaired) electrons. The molecule has 0 bridgehead atoms. The first-order valence-electron chi connectivity index (χ1n) is 9.58. The second-order valence-corrected chi connectivity index (χ2v) is 7.41. The number of aryl methyl sites for hydroxylation is 2. The van der Waals surface area contributed by atoms with Crippen molar-refractivity contribution in [3.63, 3.8) is 0 Å². The number of hydrogen-bond acceptors (Lipinski definition) is 4. The summed E-state index contributed by atoms with van der Waals surface area (Å²) < 4.78 is 0. The monoisotopic (exact) mass is 372 g/mol. The molecule has 0 fully saturated rings. The molecule has 1 aliphatic heterocycles. The van der Waals surface area contributed by atoms with E-state index in [1.807, 2.05) is 30.0 Å². The average Bonchev–Trinajstić information content (AvgIpc) is 3.02. The molecule has 1 N–H and O–H groups in total. The first-order chi connectivity index (χ1) is 13.5. The van der Waals surface area contributed by atoms with Crippen molar-refractivity contribution in [1.82, 2.24) is 9.97 Å². The van der Waals surface area contributed by atoms with Crippen molar-refractivity contribution in [2.45, 2.75) is 39.8 Å². The average molecular weight is 372 g/mol. The Labute approximate surface area is 165 Å². The summed E-state index contributed by atoms with van der Waals surface area (Å²) in [5, 5.41) is 3.24. The maximum atomic E-state index is 13.2. The summed E-state index contributed by atoms with van der Waals surface area (Å²) >= 11 is 0. The van der Waals surface area contributed by atoms with Crippen molar-refractivity contribution in [3.05, 3.63) is 82.7 Å². The second kappa shape index (κ2) is 7.43. The highest BCUT2D eigenvalue weighted by Gasteiger charge is 2.32. The van der Waals surface area contributed by atoms with E-state index in [1.54, 1.807) is 6.07 Å². The molecule has 1 amide bonds. The molecule has 4 rings (SSSR count). The van der Waals surface area contributed by atoms with Gasteiger partial charge >= 0.3 is 0 Å². The zero-order chi connectivity index (χ0) is 19.7. The molecular weight excluding hydrogens is 348 g/mol. The van der Waals surface area contributed by atoms with Crippen molar-refractivity contribution >= 4 is 17.5 Å². The molecule has 2 heterocycles. The highest BCUT2D eigenvalue weighted by molar-refractivity contribution is 6.06. The minimum atomic E-state index is -0.0821. The maximum absolute atomic E-state index is 13.2. The molecule has 0 saturated heterocycles. The van der Waals surface area contributed by atoms with Crippen LogP contribution in [0, 0.1) is 13.8 Å². The summed E-state index contributed by atoms with van der Waals surface area (Å²) in [6, 6.07) is 18.3. The Morgan fingerprint density at radius 2 is 1.86 bits per heavy atom. The molecular formula is C23H24N4O. The van der Waals surface area contributed by atoms with Crippen LogP contribution in [0.25, 0.3) is 0 Å².